The number of carboxylic acids is 1. The third-order valence-electron chi connectivity index (χ3n) is 2.00. The summed E-state index contributed by atoms with van der Waals surface area (Å²) in [5.41, 5.74) is 0.126. The number of carbonyl (C=O) groups is 1. The number of rotatable bonds is 5. The second kappa shape index (κ2) is 5.37. The van der Waals surface area contributed by atoms with Crippen molar-refractivity contribution in [2.75, 3.05) is 13.7 Å². The minimum Gasteiger partial charge on any atom is -0.493 e. The topological polar surface area (TPSA) is 76.0 Å². The standard InChI is InChI=1S/C11H14O5/c1-7(6-12)16-9-4-3-8(11(13)14)5-10(9)15-2/h3-5,7,12H,6H2,1-2H3,(H,13,14). The minimum absolute atomic E-state index is 0.121. The molecule has 0 bridgehead atoms. The van der Waals surface area contributed by atoms with Crippen LogP contribution in [0.25, 0.3) is 0 Å². The lowest BCUT2D eigenvalue weighted by Gasteiger charge is -2.15. The van der Waals surface area contributed by atoms with Crippen molar-refractivity contribution in [3.8, 4) is 11.5 Å². The number of aromatic carboxylic acids is 1. The molecule has 0 heterocycles. The highest BCUT2D eigenvalue weighted by Crippen LogP contribution is 2.28. The maximum atomic E-state index is 10.7. The van der Waals surface area contributed by atoms with Crippen LogP contribution in [-0.2, 0) is 0 Å². The third kappa shape index (κ3) is 2.87. The molecule has 0 aliphatic carbocycles. The monoisotopic (exact) mass is 226 g/mol. The summed E-state index contributed by atoms with van der Waals surface area (Å²) in [4.78, 5) is 10.7. The molecule has 0 aromatic heterocycles. The van der Waals surface area contributed by atoms with E-state index in [2.05, 4.69) is 0 Å². The van der Waals surface area contributed by atoms with Crippen molar-refractivity contribution >= 4 is 5.97 Å². The fourth-order valence-corrected chi connectivity index (χ4v) is 1.15. The van der Waals surface area contributed by atoms with Gasteiger partial charge in [-0.2, -0.15) is 0 Å². The van der Waals surface area contributed by atoms with Gasteiger partial charge < -0.3 is 19.7 Å². The average Bonchev–Trinajstić information content (AvgIpc) is 2.29. The van der Waals surface area contributed by atoms with Gasteiger partial charge in [-0.1, -0.05) is 0 Å². The molecule has 5 nitrogen and oxygen atoms in total. The van der Waals surface area contributed by atoms with Crippen LogP contribution in [0.5, 0.6) is 11.5 Å². The van der Waals surface area contributed by atoms with Gasteiger partial charge in [0, 0.05) is 0 Å². The van der Waals surface area contributed by atoms with Crippen LogP contribution in [0.4, 0.5) is 0 Å². The SMILES string of the molecule is COc1cc(C(=O)O)ccc1OC(C)CO. The van der Waals surface area contributed by atoms with Crippen LogP contribution in [0, 0.1) is 0 Å². The summed E-state index contributed by atoms with van der Waals surface area (Å²) in [5, 5.41) is 17.6. The zero-order valence-electron chi connectivity index (χ0n) is 9.14. The molecule has 0 radical (unpaired) electrons. The Morgan fingerprint density at radius 1 is 1.44 bits per heavy atom. The maximum Gasteiger partial charge on any atom is 0.335 e. The molecule has 5 heteroatoms. The average molecular weight is 226 g/mol. The largest absolute Gasteiger partial charge is 0.493 e. The number of methoxy groups -OCH3 is 1. The van der Waals surface area contributed by atoms with Gasteiger partial charge in [-0.15, -0.1) is 0 Å². The fourth-order valence-electron chi connectivity index (χ4n) is 1.15. The highest BCUT2D eigenvalue weighted by atomic mass is 16.5. The summed E-state index contributed by atoms with van der Waals surface area (Å²) in [5.74, 6) is -0.283. The number of ether oxygens (including phenoxy) is 2. The van der Waals surface area contributed by atoms with Gasteiger partial charge in [-0.05, 0) is 25.1 Å². The van der Waals surface area contributed by atoms with Gasteiger partial charge in [0.15, 0.2) is 11.5 Å². The highest BCUT2D eigenvalue weighted by Gasteiger charge is 2.11. The number of benzene rings is 1. The molecule has 0 saturated heterocycles. The first-order valence-electron chi connectivity index (χ1n) is 4.77. The molecule has 1 aromatic carbocycles. The lowest BCUT2D eigenvalue weighted by molar-refractivity contribution is 0.0696. The second-order valence-electron chi connectivity index (χ2n) is 3.28. The van der Waals surface area contributed by atoms with E-state index < -0.39 is 5.97 Å². The molecule has 16 heavy (non-hydrogen) atoms. The molecule has 0 aliphatic heterocycles. The van der Waals surface area contributed by atoms with E-state index in [0.717, 1.165) is 0 Å². The van der Waals surface area contributed by atoms with Crippen molar-refractivity contribution in [3.05, 3.63) is 23.8 Å². The molecule has 1 atom stereocenters. The van der Waals surface area contributed by atoms with Gasteiger partial charge in [0.2, 0.25) is 0 Å². The molecule has 2 N–H and O–H groups in total. The normalized spacial score (nSPS) is 11.9. The Labute approximate surface area is 93.2 Å². The molecule has 0 spiro atoms. The first-order valence-corrected chi connectivity index (χ1v) is 4.77. The van der Waals surface area contributed by atoms with Crippen LogP contribution in [0.1, 0.15) is 17.3 Å². The quantitative estimate of drug-likeness (QED) is 0.787. The van der Waals surface area contributed by atoms with Crippen LogP contribution in [0.3, 0.4) is 0 Å². The Kier molecular flexibility index (Phi) is 4.13. The van der Waals surface area contributed by atoms with Gasteiger partial charge in [-0.3, -0.25) is 0 Å². The first-order chi connectivity index (χ1) is 7.58. The summed E-state index contributed by atoms with van der Waals surface area (Å²) >= 11 is 0. The van der Waals surface area contributed by atoms with E-state index >= 15 is 0 Å². The van der Waals surface area contributed by atoms with Crippen LogP contribution < -0.4 is 9.47 Å². The second-order valence-corrected chi connectivity index (χ2v) is 3.28. The summed E-state index contributed by atoms with van der Waals surface area (Å²) in [6.07, 6.45) is -0.371. The molecular weight excluding hydrogens is 212 g/mol. The first kappa shape index (κ1) is 12.3. The smallest absolute Gasteiger partial charge is 0.335 e. The lowest BCUT2D eigenvalue weighted by atomic mass is 10.2. The Morgan fingerprint density at radius 3 is 2.62 bits per heavy atom. The van der Waals surface area contributed by atoms with Gasteiger partial charge >= 0.3 is 5.97 Å². The van der Waals surface area contributed by atoms with Gasteiger partial charge in [0.1, 0.15) is 6.10 Å². The number of hydrogen-bond donors (Lipinski definition) is 2. The molecule has 0 amide bonds. The van der Waals surface area contributed by atoms with Crippen molar-refractivity contribution in [3.63, 3.8) is 0 Å². The predicted molar refractivity (Wildman–Crippen MR) is 57.1 cm³/mol. The highest BCUT2D eigenvalue weighted by molar-refractivity contribution is 5.88. The lowest BCUT2D eigenvalue weighted by Crippen LogP contribution is -2.16. The van der Waals surface area contributed by atoms with Gasteiger partial charge in [0.05, 0.1) is 19.3 Å². The summed E-state index contributed by atoms with van der Waals surface area (Å²) in [6, 6.07) is 4.31. The van der Waals surface area contributed by atoms with Crippen LogP contribution >= 0.6 is 0 Å². The van der Waals surface area contributed by atoms with E-state index in [-0.39, 0.29) is 18.3 Å². The maximum absolute atomic E-state index is 10.7. The van der Waals surface area contributed by atoms with Crippen molar-refractivity contribution in [1.29, 1.82) is 0 Å². The van der Waals surface area contributed by atoms with Crippen molar-refractivity contribution in [2.45, 2.75) is 13.0 Å². The molecule has 0 saturated carbocycles. The Morgan fingerprint density at radius 2 is 2.12 bits per heavy atom. The molecule has 1 rings (SSSR count). The van der Waals surface area contributed by atoms with Crippen LogP contribution in [0.15, 0.2) is 18.2 Å². The predicted octanol–water partition coefficient (Wildman–Crippen LogP) is 1.15. The zero-order chi connectivity index (χ0) is 12.1. The number of hydrogen-bond acceptors (Lipinski definition) is 4. The van der Waals surface area contributed by atoms with E-state index in [1.807, 2.05) is 0 Å². The number of aliphatic hydroxyl groups excluding tert-OH is 1. The Bertz CT molecular complexity index is 375. The summed E-state index contributed by atoms with van der Waals surface area (Å²) in [7, 11) is 1.43. The van der Waals surface area contributed by atoms with Crippen molar-refractivity contribution in [1.82, 2.24) is 0 Å². The number of carboxylic acid groups (broad SMARTS) is 1. The number of aliphatic hydroxyl groups is 1. The van der Waals surface area contributed by atoms with Gasteiger partial charge in [-0.25, -0.2) is 4.79 Å². The molecule has 1 unspecified atom stereocenters. The summed E-state index contributed by atoms with van der Waals surface area (Å²) < 4.78 is 10.4. The molecule has 0 aliphatic rings. The van der Waals surface area contributed by atoms with E-state index in [4.69, 9.17) is 19.7 Å². The van der Waals surface area contributed by atoms with E-state index in [9.17, 15) is 4.79 Å². The fraction of sp³-hybridized carbons (Fsp3) is 0.364. The summed E-state index contributed by atoms with van der Waals surface area (Å²) in [6.45, 7) is 1.58. The van der Waals surface area contributed by atoms with E-state index in [0.29, 0.717) is 11.5 Å². The van der Waals surface area contributed by atoms with E-state index in [1.165, 1.54) is 25.3 Å². The molecule has 88 valence electrons. The Balaban J connectivity index is 2.97. The molecule has 0 fully saturated rings. The van der Waals surface area contributed by atoms with Crippen LogP contribution in [-0.4, -0.2) is 36.0 Å². The van der Waals surface area contributed by atoms with Crippen molar-refractivity contribution < 1.29 is 24.5 Å². The zero-order valence-corrected chi connectivity index (χ0v) is 9.14. The third-order valence-corrected chi connectivity index (χ3v) is 2.00. The Hall–Kier alpha value is -1.75. The molecular formula is C11H14O5. The van der Waals surface area contributed by atoms with Gasteiger partial charge in [0.25, 0.3) is 0 Å². The molecule has 1 aromatic rings. The van der Waals surface area contributed by atoms with Crippen LogP contribution in [0.2, 0.25) is 0 Å². The minimum atomic E-state index is -1.03. The van der Waals surface area contributed by atoms with Crippen molar-refractivity contribution in [2.24, 2.45) is 0 Å². The van der Waals surface area contributed by atoms with E-state index in [1.54, 1.807) is 6.92 Å².